The first-order valence-corrected chi connectivity index (χ1v) is 9.98. The molecule has 2 aromatic heterocycles. The van der Waals surface area contributed by atoms with Gasteiger partial charge in [-0.05, 0) is 47.7 Å². The Hall–Kier alpha value is -1.98. The van der Waals surface area contributed by atoms with Gasteiger partial charge in [0.25, 0.3) is 0 Å². The zero-order valence-corrected chi connectivity index (χ0v) is 15.0. The highest BCUT2D eigenvalue weighted by atomic mass is 32.1. The molecule has 2 aliphatic rings. The molecule has 3 heterocycles. The van der Waals surface area contributed by atoms with Gasteiger partial charge in [0.05, 0.1) is 0 Å². The lowest BCUT2D eigenvalue weighted by atomic mass is 10.1. The number of anilines is 1. The fourth-order valence-electron chi connectivity index (χ4n) is 4.04. The monoisotopic (exact) mass is 350 g/mol. The van der Waals surface area contributed by atoms with Crippen molar-refractivity contribution in [2.75, 3.05) is 18.0 Å². The van der Waals surface area contributed by atoms with E-state index in [0.717, 1.165) is 18.9 Å². The van der Waals surface area contributed by atoms with Crippen molar-refractivity contribution in [3.8, 4) is 0 Å². The minimum absolute atomic E-state index is 0.576. The van der Waals surface area contributed by atoms with Crippen LogP contribution in [0.4, 0.5) is 5.82 Å². The number of likely N-dealkylation sites (tertiary alicyclic amines) is 1. The van der Waals surface area contributed by atoms with E-state index in [0.29, 0.717) is 12.1 Å². The van der Waals surface area contributed by atoms with E-state index in [-0.39, 0.29) is 0 Å². The van der Waals surface area contributed by atoms with E-state index in [1.54, 1.807) is 6.33 Å². The molecule has 1 saturated heterocycles. The van der Waals surface area contributed by atoms with Crippen LogP contribution in [-0.4, -0.2) is 40.0 Å². The summed E-state index contributed by atoms with van der Waals surface area (Å²) in [5.41, 5.74) is 1.47. The van der Waals surface area contributed by atoms with Crippen molar-refractivity contribution >= 4 is 27.2 Å². The van der Waals surface area contributed by atoms with E-state index in [1.165, 1.54) is 41.5 Å². The molecule has 1 aliphatic carbocycles. The number of benzene rings is 1. The molecule has 128 valence electrons. The molecule has 0 bridgehead atoms. The summed E-state index contributed by atoms with van der Waals surface area (Å²) >= 11 is 1.86. The third kappa shape index (κ3) is 3.02. The number of nitrogens with zero attached hydrogens (tertiary/aromatic N) is 4. The van der Waals surface area contributed by atoms with Gasteiger partial charge in [0, 0.05) is 42.6 Å². The maximum absolute atomic E-state index is 4.52. The Morgan fingerprint density at radius 3 is 2.88 bits per heavy atom. The average molecular weight is 350 g/mol. The minimum Gasteiger partial charge on any atom is -0.349 e. The summed E-state index contributed by atoms with van der Waals surface area (Å²) in [6.07, 6.45) is 7.37. The van der Waals surface area contributed by atoms with Crippen molar-refractivity contribution < 1.29 is 0 Å². The summed E-state index contributed by atoms with van der Waals surface area (Å²) < 4.78 is 1.40. The van der Waals surface area contributed by atoms with Crippen LogP contribution >= 0.6 is 11.3 Å². The van der Waals surface area contributed by atoms with Gasteiger partial charge in [0.1, 0.15) is 12.1 Å². The van der Waals surface area contributed by atoms with E-state index in [2.05, 4.69) is 55.5 Å². The van der Waals surface area contributed by atoms with Crippen LogP contribution in [0.3, 0.4) is 0 Å². The van der Waals surface area contributed by atoms with Crippen LogP contribution in [0.1, 0.15) is 24.8 Å². The van der Waals surface area contributed by atoms with Crippen LogP contribution in [0.2, 0.25) is 0 Å². The molecular weight excluding hydrogens is 328 g/mol. The lowest BCUT2D eigenvalue weighted by Crippen LogP contribution is -2.39. The maximum atomic E-state index is 4.52. The molecule has 25 heavy (non-hydrogen) atoms. The van der Waals surface area contributed by atoms with Gasteiger partial charge in [-0.25, -0.2) is 9.97 Å². The molecule has 0 amide bonds. The Morgan fingerprint density at radius 2 is 2.04 bits per heavy atom. The molecular formula is C20H22N4S. The Labute approximate surface area is 152 Å². The molecule has 5 heteroatoms. The quantitative estimate of drug-likeness (QED) is 0.698. The van der Waals surface area contributed by atoms with Gasteiger partial charge in [0.15, 0.2) is 0 Å². The second-order valence-corrected chi connectivity index (χ2v) is 8.05. The van der Waals surface area contributed by atoms with Gasteiger partial charge >= 0.3 is 0 Å². The van der Waals surface area contributed by atoms with E-state index in [4.69, 9.17) is 0 Å². The van der Waals surface area contributed by atoms with Crippen molar-refractivity contribution in [3.05, 3.63) is 53.8 Å². The lowest BCUT2D eigenvalue weighted by molar-refractivity contribution is 0.326. The Bertz CT molecular complexity index is 858. The molecule has 3 aromatic rings. The number of fused-ring (bicyclic) bond motifs is 1. The average Bonchev–Trinajstić information content (AvgIpc) is 3.24. The fraction of sp³-hybridized carbons (Fsp3) is 0.400. The molecule has 1 aliphatic heterocycles. The van der Waals surface area contributed by atoms with Crippen molar-refractivity contribution in [3.63, 3.8) is 0 Å². The molecule has 1 saturated carbocycles. The van der Waals surface area contributed by atoms with Crippen molar-refractivity contribution in [1.82, 2.24) is 14.9 Å². The van der Waals surface area contributed by atoms with Gasteiger partial charge in [-0.1, -0.05) is 18.2 Å². The lowest BCUT2D eigenvalue weighted by Gasteiger charge is -2.30. The smallest absolute Gasteiger partial charge is 0.132 e. The molecule has 1 aromatic carbocycles. The van der Waals surface area contributed by atoms with Crippen LogP contribution in [0.25, 0.3) is 10.1 Å². The summed E-state index contributed by atoms with van der Waals surface area (Å²) in [5.74, 6) is 1.10. The fourth-order valence-corrected chi connectivity index (χ4v) is 4.99. The summed E-state index contributed by atoms with van der Waals surface area (Å²) in [6, 6.07) is 12.1. The molecule has 4 nitrogen and oxygen atoms in total. The van der Waals surface area contributed by atoms with Gasteiger partial charge in [-0.3, -0.25) is 4.90 Å². The Balaban J connectivity index is 1.32. The highest BCUT2D eigenvalue weighted by molar-refractivity contribution is 7.17. The molecule has 0 spiro atoms. The minimum atomic E-state index is 0.576. The first-order valence-electron chi connectivity index (χ1n) is 9.10. The molecule has 0 radical (unpaired) electrons. The topological polar surface area (TPSA) is 32.3 Å². The first kappa shape index (κ1) is 15.3. The van der Waals surface area contributed by atoms with Crippen LogP contribution in [0, 0.1) is 0 Å². The number of thiophene rings is 1. The highest BCUT2D eigenvalue weighted by Gasteiger charge is 2.38. The highest BCUT2D eigenvalue weighted by Crippen LogP contribution is 2.35. The normalized spacial score (nSPS) is 21.0. The van der Waals surface area contributed by atoms with Gasteiger partial charge in [0.2, 0.25) is 0 Å². The molecule has 0 N–H and O–H groups in total. The molecule has 2 fully saturated rings. The summed E-state index contributed by atoms with van der Waals surface area (Å²) in [6.45, 7) is 3.36. The standard InChI is InChI=1S/C20H22N4S/c1-2-4-19-18(3-1)15(13-25-19)11-23-10-8-17(12-23)24(16-5-6-16)20-7-9-21-14-22-20/h1-4,7,9,13-14,16-17H,5-6,8,10-12H2. The number of hydrogen-bond acceptors (Lipinski definition) is 5. The summed E-state index contributed by atoms with van der Waals surface area (Å²) in [4.78, 5) is 13.8. The van der Waals surface area contributed by atoms with E-state index < -0.39 is 0 Å². The van der Waals surface area contributed by atoms with Crippen molar-refractivity contribution in [2.24, 2.45) is 0 Å². The van der Waals surface area contributed by atoms with Crippen LogP contribution < -0.4 is 4.90 Å². The van der Waals surface area contributed by atoms with Gasteiger partial charge < -0.3 is 4.90 Å². The number of hydrogen-bond donors (Lipinski definition) is 0. The first-order chi connectivity index (χ1) is 12.4. The van der Waals surface area contributed by atoms with E-state index >= 15 is 0 Å². The van der Waals surface area contributed by atoms with Gasteiger partial charge in [-0.2, -0.15) is 0 Å². The number of aromatic nitrogens is 2. The summed E-state index contributed by atoms with van der Waals surface area (Å²) in [7, 11) is 0. The molecule has 1 atom stereocenters. The second-order valence-electron chi connectivity index (χ2n) is 7.14. The van der Waals surface area contributed by atoms with Gasteiger partial charge in [-0.15, -0.1) is 11.3 Å². The SMILES string of the molecule is c1ccc2c(CN3CCC(N(c4ccncn4)C4CC4)C3)csc2c1. The van der Waals surface area contributed by atoms with Crippen molar-refractivity contribution in [1.29, 1.82) is 0 Å². The number of rotatable bonds is 5. The van der Waals surface area contributed by atoms with E-state index in [9.17, 15) is 0 Å². The molecule has 1 unspecified atom stereocenters. The zero-order valence-electron chi connectivity index (χ0n) is 14.2. The predicted molar refractivity (Wildman–Crippen MR) is 103 cm³/mol. The molecule has 5 rings (SSSR count). The second kappa shape index (κ2) is 6.39. The van der Waals surface area contributed by atoms with Crippen LogP contribution in [0.15, 0.2) is 48.2 Å². The largest absolute Gasteiger partial charge is 0.349 e. The van der Waals surface area contributed by atoms with Crippen LogP contribution in [-0.2, 0) is 6.54 Å². The predicted octanol–water partition coefficient (Wildman–Crippen LogP) is 3.93. The summed E-state index contributed by atoms with van der Waals surface area (Å²) in [5, 5.41) is 3.76. The Morgan fingerprint density at radius 1 is 1.12 bits per heavy atom. The maximum Gasteiger partial charge on any atom is 0.132 e. The van der Waals surface area contributed by atoms with Crippen molar-refractivity contribution in [2.45, 2.75) is 37.9 Å². The third-order valence-corrected chi connectivity index (χ3v) is 6.38. The zero-order chi connectivity index (χ0) is 16.6. The Kier molecular flexibility index (Phi) is 3.91. The van der Waals surface area contributed by atoms with E-state index in [1.807, 2.05) is 17.5 Å². The van der Waals surface area contributed by atoms with Crippen LogP contribution in [0.5, 0.6) is 0 Å². The third-order valence-electron chi connectivity index (χ3n) is 5.37.